The molecule has 0 fully saturated rings. The molecular weight excluding hydrogens is 248 g/mol. The van der Waals surface area contributed by atoms with E-state index in [0.29, 0.717) is 10.8 Å². The van der Waals surface area contributed by atoms with E-state index in [0.717, 1.165) is 22.6 Å². The Morgan fingerprint density at radius 3 is 2.44 bits per heavy atom. The van der Waals surface area contributed by atoms with Crippen molar-refractivity contribution < 1.29 is 4.74 Å². The lowest BCUT2D eigenvalue weighted by molar-refractivity contribution is 0.415. The molecule has 2 rings (SSSR count). The zero-order valence-electron chi connectivity index (χ0n) is 10.3. The molecule has 0 aliphatic heterocycles. The Hall–Kier alpha value is -1.87. The molecule has 0 aromatic heterocycles. The minimum absolute atomic E-state index is 0.594. The SMILES string of the molecule is COc1cc(Nc2ccc(N)c(C)c2)ccc1Cl. The van der Waals surface area contributed by atoms with Crippen molar-refractivity contribution in [1.82, 2.24) is 0 Å². The maximum atomic E-state index is 5.98. The van der Waals surface area contributed by atoms with Gasteiger partial charge >= 0.3 is 0 Å². The van der Waals surface area contributed by atoms with Gasteiger partial charge in [-0.2, -0.15) is 0 Å². The van der Waals surface area contributed by atoms with Gasteiger partial charge in [-0.25, -0.2) is 0 Å². The van der Waals surface area contributed by atoms with E-state index in [2.05, 4.69) is 5.32 Å². The highest BCUT2D eigenvalue weighted by Crippen LogP contribution is 2.29. The van der Waals surface area contributed by atoms with E-state index in [9.17, 15) is 0 Å². The lowest BCUT2D eigenvalue weighted by atomic mass is 10.2. The summed E-state index contributed by atoms with van der Waals surface area (Å²) in [6.45, 7) is 1.98. The van der Waals surface area contributed by atoms with Crippen molar-refractivity contribution in [2.24, 2.45) is 0 Å². The molecule has 0 spiro atoms. The number of anilines is 3. The van der Waals surface area contributed by atoms with E-state index < -0.39 is 0 Å². The van der Waals surface area contributed by atoms with Crippen LogP contribution < -0.4 is 15.8 Å². The van der Waals surface area contributed by atoms with Crippen LogP contribution in [0.25, 0.3) is 0 Å². The van der Waals surface area contributed by atoms with Crippen LogP contribution in [0, 0.1) is 6.92 Å². The largest absolute Gasteiger partial charge is 0.495 e. The van der Waals surface area contributed by atoms with Crippen molar-refractivity contribution in [3.8, 4) is 5.75 Å². The first-order valence-electron chi connectivity index (χ1n) is 5.57. The van der Waals surface area contributed by atoms with Crippen LogP contribution in [0.15, 0.2) is 36.4 Å². The van der Waals surface area contributed by atoms with Gasteiger partial charge in [0.05, 0.1) is 12.1 Å². The number of benzene rings is 2. The standard InChI is InChI=1S/C14H15ClN2O/c1-9-7-10(4-6-13(9)16)17-11-3-5-12(15)14(8-11)18-2/h3-8,17H,16H2,1-2H3. The zero-order valence-corrected chi connectivity index (χ0v) is 11.1. The van der Waals surface area contributed by atoms with Gasteiger partial charge in [0, 0.05) is 23.1 Å². The lowest BCUT2D eigenvalue weighted by Gasteiger charge is -2.10. The third-order valence-corrected chi connectivity index (χ3v) is 3.02. The molecule has 0 radical (unpaired) electrons. The Kier molecular flexibility index (Phi) is 3.63. The number of aryl methyl sites for hydroxylation is 1. The number of nitrogens with one attached hydrogen (secondary N) is 1. The molecule has 0 unspecified atom stereocenters. The predicted molar refractivity (Wildman–Crippen MR) is 76.9 cm³/mol. The number of nitrogens with two attached hydrogens (primary N) is 1. The van der Waals surface area contributed by atoms with Gasteiger partial charge in [0.2, 0.25) is 0 Å². The fourth-order valence-electron chi connectivity index (χ4n) is 1.66. The molecule has 18 heavy (non-hydrogen) atoms. The minimum Gasteiger partial charge on any atom is -0.495 e. The van der Waals surface area contributed by atoms with Crippen LogP contribution in [0.4, 0.5) is 17.1 Å². The van der Waals surface area contributed by atoms with E-state index in [-0.39, 0.29) is 0 Å². The van der Waals surface area contributed by atoms with Crippen molar-refractivity contribution in [2.45, 2.75) is 6.92 Å². The Bertz CT molecular complexity index is 570. The van der Waals surface area contributed by atoms with Gasteiger partial charge in [0.15, 0.2) is 0 Å². The molecule has 3 N–H and O–H groups in total. The van der Waals surface area contributed by atoms with Crippen LogP contribution in [0.5, 0.6) is 5.75 Å². The van der Waals surface area contributed by atoms with Crippen LogP contribution in [0.2, 0.25) is 5.02 Å². The summed E-state index contributed by atoms with van der Waals surface area (Å²) < 4.78 is 5.17. The topological polar surface area (TPSA) is 47.3 Å². The normalized spacial score (nSPS) is 10.2. The van der Waals surface area contributed by atoms with Crippen molar-refractivity contribution in [3.63, 3.8) is 0 Å². The maximum absolute atomic E-state index is 5.98. The predicted octanol–water partition coefficient (Wildman–Crippen LogP) is 3.98. The number of hydrogen-bond acceptors (Lipinski definition) is 3. The van der Waals surface area contributed by atoms with Crippen molar-refractivity contribution in [1.29, 1.82) is 0 Å². The van der Waals surface area contributed by atoms with Gasteiger partial charge in [-0.15, -0.1) is 0 Å². The maximum Gasteiger partial charge on any atom is 0.139 e. The summed E-state index contributed by atoms with van der Waals surface area (Å²) in [5.74, 6) is 0.647. The van der Waals surface area contributed by atoms with Crippen LogP contribution in [-0.2, 0) is 0 Å². The molecule has 4 heteroatoms. The first kappa shape index (κ1) is 12.6. The van der Waals surface area contributed by atoms with Gasteiger partial charge in [-0.1, -0.05) is 11.6 Å². The summed E-state index contributed by atoms with van der Waals surface area (Å²) in [5, 5.41) is 3.87. The first-order chi connectivity index (χ1) is 8.60. The highest BCUT2D eigenvalue weighted by molar-refractivity contribution is 6.32. The highest BCUT2D eigenvalue weighted by Gasteiger charge is 2.03. The summed E-state index contributed by atoms with van der Waals surface area (Å²) >= 11 is 5.98. The summed E-state index contributed by atoms with van der Waals surface area (Å²) in [6, 6.07) is 11.4. The molecule has 2 aromatic rings. The van der Waals surface area contributed by atoms with E-state index in [4.69, 9.17) is 22.1 Å². The number of nitrogen functional groups attached to an aromatic ring is 1. The molecule has 0 saturated carbocycles. The Labute approximate surface area is 112 Å². The smallest absolute Gasteiger partial charge is 0.139 e. The second-order valence-corrected chi connectivity index (χ2v) is 4.45. The molecule has 0 aliphatic carbocycles. The Morgan fingerprint density at radius 1 is 1.11 bits per heavy atom. The van der Waals surface area contributed by atoms with Crippen molar-refractivity contribution in [3.05, 3.63) is 47.0 Å². The minimum atomic E-state index is 0.594. The van der Waals surface area contributed by atoms with Crippen LogP contribution in [0.3, 0.4) is 0 Å². The number of halogens is 1. The molecule has 0 saturated heterocycles. The second kappa shape index (κ2) is 5.19. The van der Waals surface area contributed by atoms with Crippen LogP contribution in [-0.4, -0.2) is 7.11 Å². The van der Waals surface area contributed by atoms with Crippen LogP contribution >= 0.6 is 11.6 Å². The zero-order chi connectivity index (χ0) is 13.1. The second-order valence-electron chi connectivity index (χ2n) is 4.05. The number of rotatable bonds is 3. The van der Waals surface area contributed by atoms with Crippen LogP contribution in [0.1, 0.15) is 5.56 Å². The van der Waals surface area contributed by atoms with E-state index in [1.807, 2.05) is 37.3 Å². The molecule has 94 valence electrons. The van der Waals surface area contributed by atoms with Gasteiger partial charge < -0.3 is 15.8 Å². The average molecular weight is 263 g/mol. The molecule has 0 bridgehead atoms. The first-order valence-corrected chi connectivity index (χ1v) is 5.94. The Balaban J connectivity index is 2.25. The van der Waals surface area contributed by atoms with E-state index in [1.54, 1.807) is 13.2 Å². The average Bonchev–Trinajstić information content (AvgIpc) is 2.36. The quantitative estimate of drug-likeness (QED) is 0.823. The molecule has 0 heterocycles. The van der Waals surface area contributed by atoms with E-state index in [1.165, 1.54) is 0 Å². The van der Waals surface area contributed by atoms with E-state index >= 15 is 0 Å². The molecule has 3 nitrogen and oxygen atoms in total. The molecule has 2 aromatic carbocycles. The Morgan fingerprint density at radius 2 is 1.78 bits per heavy atom. The van der Waals surface area contributed by atoms with Crippen molar-refractivity contribution >= 4 is 28.7 Å². The molecule has 0 amide bonds. The molecule has 0 aliphatic rings. The van der Waals surface area contributed by atoms with Gasteiger partial charge in [0.25, 0.3) is 0 Å². The molecule has 0 atom stereocenters. The van der Waals surface area contributed by atoms with Crippen molar-refractivity contribution in [2.75, 3.05) is 18.2 Å². The fourth-order valence-corrected chi connectivity index (χ4v) is 1.85. The number of ether oxygens (including phenoxy) is 1. The summed E-state index contributed by atoms with van der Waals surface area (Å²) in [5.41, 5.74) is 9.51. The monoisotopic (exact) mass is 262 g/mol. The number of hydrogen-bond donors (Lipinski definition) is 2. The third-order valence-electron chi connectivity index (χ3n) is 2.71. The summed E-state index contributed by atoms with van der Waals surface area (Å²) in [7, 11) is 1.60. The fraction of sp³-hybridized carbons (Fsp3) is 0.143. The highest BCUT2D eigenvalue weighted by atomic mass is 35.5. The van der Waals surface area contributed by atoms with Gasteiger partial charge in [0.1, 0.15) is 5.75 Å². The number of methoxy groups -OCH3 is 1. The summed E-state index contributed by atoms with van der Waals surface area (Å²) in [6.07, 6.45) is 0. The van der Waals surface area contributed by atoms with Gasteiger partial charge in [-0.05, 0) is 42.8 Å². The summed E-state index contributed by atoms with van der Waals surface area (Å²) in [4.78, 5) is 0. The lowest BCUT2D eigenvalue weighted by Crippen LogP contribution is -1.94. The third kappa shape index (κ3) is 2.68. The molecular formula is C14H15ClN2O. The van der Waals surface area contributed by atoms with Gasteiger partial charge in [-0.3, -0.25) is 0 Å².